The van der Waals surface area contributed by atoms with Crippen LogP contribution in [0.25, 0.3) is 0 Å². The molecule has 5 nitrogen and oxygen atoms in total. The summed E-state index contributed by atoms with van der Waals surface area (Å²) in [5.41, 5.74) is 0.508. The zero-order valence-corrected chi connectivity index (χ0v) is 10.3. The Labute approximate surface area is 95.8 Å². The van der Waals surface area contributed by atoms with Gasteiger partial charge in [0.05, 0.1) is 5.69 Å². The molecule has 1 aromatic heterocycles. The van der Waals surface area contributed by atoms with Gasteiger partial charge in [-0.25, -0.2) is 4.79 Å². The van der Waals surface area contributed by atoms with Crippen molar-refractivity contribution in [2.75, 3.05) is 6.54 Å². The molecular weight excluding hydrogens is 206 g/mol. The molecule has 0 saturated heterocycles. The lowest BCUT2D eigenvalue weighted by molar-refractivity contribution is 0.0528. The highest BCUT2D eigenvalue weighted by Gasteiger charge is 2.15. The second-order valence-electron chi connectivity index (χ2n) is 4.66. The van der Waals surface area contributed by atoms with E-state index in [0.29, 0.717) is 13.0 Å². The average Bonchev–Trinajstić information content (AvgIpc) is 2.48. The van der Waals surface area contributed by atoms with Crippen molar-refractivity contribution in [3.05, 3.63) is 18.0 Å². The largest absolute Gasteiger partial charge is 0.444 e. The molecule has 1 N–H and O–H groups in total. The maximum atomic E-state index is 11.3. The summed E-state index contributed by atoms with van der Waals surface area (Å²) in [7, 11) is 1.87. The van der Waals surface area contributed by atoms with Crippen molar-refractivity contribution >= 4 is 6.09 Å². The van der Waals surface area contributed by atoms with Crippen LogP contribution in [0, 0.1) is 0 Å². The standard InChI is InChI=1S/C11H19N3O2/c1-11(2,3)16-10(15)12-7-5-9-6-8-14(4)13-9/h6,8H,5,7H2,1-4H3,(H,12,15). The average molecular weight is 225 g/mol. The molecule has 0 aliphatic carbocycles. The number of aromatic nitrogens is 2. The van der Waals surface area contributed by atoms with E-state index in [-0.39, 0.29) is 6.09 Å². The number of nitrogens with zero attached hydrogens (tertiary/aromatic N) is 2. The maximum Gasteiger partial charge on any atom is 0.407 e. The minimum absolute atomic E-state index is 0.386. The number of ether oxygens (including phenoxy) is 1. The summed E-state index contributed by atoms with van der Waals surface area (Å²) >= 11 is 0. The minimum Gasteiger partial charge on any atom is -0.444 e. The molecule has 1 rings (SSSR count). The number of carbonyl (C=O) groups is 1. The van der Waals surface area contributed by atoms with E-state index in [4.69, 9.17) is 4.74 Å². The number of rotatable bonds is 3. The van der Waals surface area contributed by atoms with Gasteiger partial charge in [-0.2, -0.15) is 5.10 Å². The van der Waals surface area contributed by atoms with Gasteiger partial charge in [0.25, 0.3) is 0 Å². The fourth-order valence-corrected chi connectivity index (χ4v) is 1.20. The summed E-state index contributed by atoms with van der Waals surface area (Å²) < 4.78 is 6.84. The van der Waals surface area contributed by atoms with E-state index < -0.39 is 5.60 Å². The van der Waals surface area contributed by atoms with Crippen molar-refractivity contribution in [1.82, 2.24) is 15.1 Å². The van der Waals surface area contributed by atoms with Gasteiger partial charge in [-0.3, -0.25) is 4.68 Å². The number of nitrogens with one attached hydrogen (secondary N) is 1. The number of carbonyl (C=O) groups excluding carboxylic acids is 1. The second-order valence-corrected chi connectivity index (χ2v) is 4.66. The number of amides is 1. The molecule has 1 aromatic rings. The van der Waals surface area contributed by atoms with Gasteiger partial charge in [0, 0.05) is 26.2 Å². The smallest absolute Gasteiger partial charge is 0.407 e. The van der Waals surface area contributed by atoms with Crippen LogP contribution in [0.15, 0.2) is 12.3 Å². The van der Waals surface area contributed by atoms with Crippen molar-refractivity contribution in [3.8, 4) is 0 Å². The van der Waals surface area contributed by atoms with Crippen LogP contribution in [0.2, 0.25) is 0 Å². The molecule has 5 heteroatoms. The van der Waals surface area contributed by atoms with Crippen LogP contribution in [-0.4, -0.2) is 28.0 Å². The van der Waals surface area contributed by atoms with Crippen LogP contribution in [0.1, 0.15) is 26.5 Å². The highest BCUT2D eigenvalue weighted by molar-refractivity contribution is 5.67. The Morgan fingerprint density at radius 3 is 2.75 bits per heavy atom. The quantitative estimate of drug-likeness (QED) is 0.847. The lowest BCUT2D eigenvalue weighted by atomic mass is 10.2. The van der Waals surface area contributed by atoms with Crippen molar-refractivity contribution < 1.29 is 9.53 Å². The van der Waals surface area contributed by atoms with E-state index in [0.717, 1.165) is 5.69 Å². The highest BCUT2D eigenvalue weighted by atomic mass is 16.6. The predicted molar refractivity (Wildman–Crippen MR) is 61.1 cm³/mol. The zero-order chi connectivity index (χ0) is 12.2. The third kappa shape index (κ3) is 4.82. The molecule has 0 aliphatic heterocycles. The topological polar surface area (TPSA) is 56.2 Å². The maximum absolute atomic E-state index is 11.3. The van der Waals surface area contributed by atoms with Crippen LogP contribution >= 0.6 is 0 Å². The van der Waals surface area contributed by atoms with Crippen LogP contribution in [-0.2, 0) is 18.2 Å². The third-order valence-electron chi connectivity index (χ3n) is 1.82. The van der Waals surface area contributed by atoms with Gasteiger partial charge in [0.15, 0.2) is 0 Å². The van der Waals surface area contributed by atoms with Crippen LogP contribution in [0.3, 0.4) is 0 Å². The summed E-state index contributed by atoms with van der Waals surface area (Å²) in [6.45, 7) is 6.05. The molecule has 0 bridgehead atoms. The number of hydrogen-bond acceptors (Lipinski definition) is 3. The molecule has 0 spiro atoms. The molecule has 0 radical (unpaired) electrons. The lowest BCUT2D eigenvalue weighted by Gasteiger charge is -2.19. The van der Waals surface area contributed by atoms with E-state index in [1.807, 2.05) is 40.1 Å². The van der Waals surface area contributed by atoms with E-state index in [1.165, 1.54) is 0 Å². The molecule has 90 valence electrons. The van der Waals surface area contributed by atoms with Crippen molar-refractivity contribution in [2.45, 2.75) is 32.8 Å². The molecule has 16 heavy (non-hydrogen) atoms. The normalized spacial score (nSPS) is 11.2. The summed E-state index contributed by atoms with van der Waals surface area (Å²) in [6, 6.07) is 1.93. The van der Waals surface area contributed by atoms with Gasteiger partial charge in [0.1, 0.15) is 5.60 Å². The molecule has 0 fully saturated rings. The minimum atomic E-state index is -0.449. The van der Waals surface area contributed by atoms with Crippen LogP contribution in [0.5, 0.6) is 0 Å². The van der Waals surface area contributed by atoms with E-state index in [1.54, 1.807) is 4.68 Å². The fourth-order valence-electron chi connectivity index (χ4n) is 1.20. The van der Waals surface area contributed by atoms with Crippen LogP contribution in [0.4, 0.5) is 4.79 Å². The molecule has 0 unspecified atom stereocenters. The molecule has 0 saturated carbocycles. The Bertz CT molecular complexity index is 352. The summed E-state index contributed by atoms with van der Waals surface area (Å²) in [5.74, 6) is 0. The third-order valence-corrected chi connectivity index (χ3v) is 1.82. The van der Waals surface area contributed by atoms with Gasteiger partial charge in [-0.1, -0.05) is 0 Å². The summed E-state index contributed by atoms with van der Waals surface area (Å²) in [6.07, 6.45) is 2.20. The highest BCUT2D eigenvalue weighted by Crippen LogP contribution is 2.06. The fraction of sp³-hybridized carbons (Fsp3) is 0.636. The van der Waals surface area contributed by atoms with Crippen molar-refractivity contribution in [3.63, 3.8) is 0 Å². The van der Waals surface area contributed by atoms with Gasteiger partial charge in [-0.05, 0) is 26.8 Å². The molecular formula is C11H19N3O2. The Balaban J connectivity index is 2.23. The van der Waals surface area contributed by atoms with Crippen molar-refractivity contribution in [2.24, 2.45) is 7.05 Å². The van der Waals surface area contributed by atoms with E-state index >= 15 is 0 Å². The van der Waals surface area contributed by atoms with Gasteiger partial charge >= 0.3 is 6.09 Å². The van der Waals surface area contributed by atoms with Gasteiger partial charge in [-0.15, -0.1) is 0 Å². The number of alkyl carbamates (subject to hydrolysis) is 1. The number of hydrogen-bond donors (Lipinski definition) is 1. The van der Waals surface area contributed by atoms with Gasteiger partial charge in [0.2, 0.25) is 0 Å². The van der Waals surface area contributed by atoms with Crippen molar-refractivity contribution in [1.29, 1.82) is 0 Å². The van der Waals surface area contributed by atoms with Gasteiger partial charge < -0.3 is 10.1 Å². The summed E-state index contributed by atoms with van der Waals surface area (Å²) in [4.78, 5) is 11.3. The first-order valence-corrected chi connectivity index (χ1v) is 5.32. The molecule has 0 atom stereocenters. The Hall–Kier alpha value is -1.52. The molecule has 0 aromatic carbocycles. The molecule has 1 heterocycles. The number of aryl methyl sites for hydroxylation is 1. The monoisotopic (exact) mass is 225 g/mol. The lowest BCUT2D eigenvalue weighted by Crippen LogP contribution is -2.33. The Morgan fingerprint density at radius 2 is 2.25 bits per heavy atom. The predicted octanol–water partition coefficient (Wildman–Crippen LogP) is 1.49. The second kappa shape index (κ2) is 5.01. The van der Waals surface area contributed by atoms with E-state index in [9.17, 15) is 4.79 Å². The van der Waals surface area contributed by atoms with Crippen LogP contribution < -0.4 is 5.32 Å². The first-order chi connectivity index (χ1) is 7.37. The summed E-state index contributed by atoms with van der Waals surface area (Å²) in [5, 5.41) is 6.89. The molecule has 1 amide bonds. The first kappa shape index (κ1) is 12.5. The molecule has 0 aliphatic rings. The SMILES string of the molecule is Cn1ccc(CCNC(=O)OC(C)(C)C)n1. The Kier molecular flexibility index (Phi) is 3.93. The Morgan fingerprint density at radius 1 is 1.56 bits per heavy atom. The van der Waals surface area contributed by atoms with E-state index in [2.05, 4.69) is 10.4 Å². The zero-order valence-electron chi connectivity index (χ0n) is 10.3. The first-order valence-electron chi connectivity index (χ1n) is 5.32.